The number of methoxy groups -OCH3 is 1. The van der Waals surface area contributed by atoms with Crippen LogP contribution < -0.4 is 15.0 Å². The minimum atomic E-state index is -4.50. The molecule has 1 aliphatic heterocycles. The zero-order chi connectivity index (χ0) is 36.2. The van der Waals surface area contributed by atoms with E-state index in [4.69, 9.17) is 4.74 Å². The fourth-order valence-electron chi connectivity index (χ4n) is 5.61. The summed E-state index contributed by atoms with van der Waals surface area (Å²) in [4.78, 5) is 54.7. The molecule has 2 amide bonds. The van der Waals surface area contributed by atoms with Crippen LogP contribution in [0.5, 0.6) is 5.75 Å². The van der Waals surface area contributed by atoms with E-state index >= 15 is 0 Å². The van der Waals surface area contributed by atoms with Crippen LogP contribution in [-0.2, 0) is 15.7 Å². The monoisotopic (exact) mass is 691 g/mol. The number of anilines is 2. The highest BCUT2D eigenvalue weighted by Crippen LogP contribution is 2.33. The van der Waals surface area contributed by atoms with Gasteiger partial charge in [-0.05, 0) is 78.6 Å². The lowest BCUT2D eigenvalue weighted by atomic mass is 9.96. The van der Waals surface area contributed by atoms with Gasteiger partial charge in [-0.25, -0.2) is 9.18 Å². The molecule has 1 fully saturated rings. The van der Waals surface area contributed by atoms with Gasteiger partial charge in [0.15, 0.2) is 11.6 Å². The molecule has 0 radical (unpaired) electrons. The summed E-state index contributed by atoms with van der Waals surface area (Å²) in [5.41, 5.74) is 1.33. The Bertz CT molecular complexity index is 1920. The highest BCUT2D eigenvalue weighted by atomic mass is 19.4. The molecule has 9 nitrogen and oxygen atoms in total. The van der Waals surface area contributed by atoms with Crippen molar-refractivity contribution in [3.63, 3.8) is 0 Å². The fourth-order valence-corrected chi connectivity index (χ4v) is 5.61. The first-order chi connectivity index (χ1) is 23.8. The largest absolute Gasteiger partial charge is 0.465 e. The lowest BCUT2D eigenvalue weighted by molar-refractivity contribution is -0.140. The molecule has 1 N–H and O–H groups in total. The van der Waals surface area contributed by atoms with Crippen molar-refractivity contribution in [2.45, 2.75) is 19.0 Å². The van der Waals surface area contributed by atoms with Crippen LogP contribution in [0.25, 0.3) is 11.1 Å². The molecule has 1 aliphatic rings. The summed E-state index contributed by atoms with van der Waals surface area (Å²) >= 11 is 0. The van der Waals surface area contributed by atoms with Gasteiger partial charge in [0.2, 0.25) is 0 Å². The van der Waals surface area contributed by atoms with E-state index in [9.17, 15) is 36.7 Å². The summed E-state index contributed by atoms with van der Waals surface area (Å²) < 4.78 is 63.7. The zero-order valence-electron chi connectivity index (χ0n) is 27.3. The predicted octanol–water partition coefficient (Wildman–Crippen LogP) is 7.07. The Kier molecular flexibility index (Phi) is 10.5. The van der Waals surface area contributed by atoms with Crippen molar-refractivity contribution in [2.24, 2.45) is 5.92 Å². The molecule has 4 aromatic carbocycles. The number of hydrogen-bond donors (Lipinski definition) is 1. The molecule has 1 saturated heterocycles. The van der Waals surface area contributed by atoms with Crippen molar-refractivity contribution >= 4 is 35.1 Å². The van der Waals surface area contributed by atoms with Crippen molar-refractivity contribution in [2.75, 3.05) is 44.5 Å². The number of carbonyl (C=O) groups excluding carboxylic acids is 4. The number of halogens is 4. The fraction of sp³-hybridized carbons (Fsp3) is 0.243. The van der Waals surface area contributed by atoms with Crippen molar-refractivity contribution in [3.05, 3.63) is 113 Å². The Morgan fingerprint density at radius 1 is 0.860 bits per heavy atom. The first-order valence-corrected chi connectivity index (χ1v) is 15.5. The van der Waals surface area contributed by atoms with Crippen LogP contribution in [0, 0.1) is 11.7 Å². The average Bonchev–Trinajstić information content (AvgIpc) is 3.11. The smallest absolute Gasteiger partial charge is 0.416 e. The van der Waals surface area contributed by atoms with Crippen LogP contribution in [0.3, 0.4) is 0 Å². The topological polar surface area (TPSA) is 105 Å². The van der Waals surface area contributed by atoms with Gasteiger partial charge in [0.25, 0.3) is 11.8 Å². The van der Waals surface area contributed by atoms with Crippen molar-refractivity contribution in [1.82, 2.24) is 4.90 Å². The maximum Gasteiger partial charge on any atom is 0.416 e. The molecular formula is C37H33F4N3O6. The number of alkyl halides is 3. The van der Waals surface area contributed by atoms with Crippen LogP contribution in [0.2, 0.25) is 0 Å². The minimum Gasteiger partial charge on any atom is -0.465 e. The number of esters is 2. The first-order valence-electron chi connectivity index (χ1n) is 15.5. The second kappa shape index (κ2) is 14.8. The van der Waals surface area contributed by atoms with Gasteiger partial charge in [-0.15, -0.1) is 0 Å². The van der Waals surface area contributed by atoms with Crippen LogP contribution in [0.4, 0.5) is 28.9 Å². The van der Waals surface area contributed by atoms with Crippen LogP contribution in [0.1, 0.15) is 49.5 Å². The van der Waals surface area contributed by atoms with Crippen LogP contribution in [-0.4, -0.2) is 62.9 Å². The molecule has 50 heavy (non-hydrogen) atoms. The Morgan fingerprint density at radius 3 is 2.16 bits per heavy atom. The van der Waals surface area contributed by atoms with E-state index in [0.717, 1.165) is 18.2 Å². The van der Waals surface area contributed by atoms with E-state index < -0.39 is 41.3 Å². The van der Waals surface area contributed by atoms with Crippen molar-refractivity contribution in [3.8, 4) is 16.9 Å². The third-order valence-electron chi connectivity index (χ3n) is 8.34. The molecule has 0 bridgehead atoms. The lowest BCUT2D eigenvalue weighted by Crippen LogP contribution is -2.38. The lowest BCUT2D eigenvalue weighted by Gasteiger charge is -2.33. The molecule has 0 unspecified atom stereocenters. The summed E-state index contributed by atoms with van der Waals surface area (Å²) in [6, 6.07) is 19.4. The summed E-state index contributed by atoms with van der Waals surface area (Å²) in [5, 5.41) is 2.80. The molecular weight excluding hydrogens is 658 g/mol. The van der Waals surface area contributed by atoms with Crippen molar-refractivity contribution < 1.29 is 46.2 Å². The molecule has 13 heteroatoms. The van der Waals surface area contributed by atoms with Crippen molar-refractivity contribution in [1.29, 1.82) is 0 Å². The summed E-state index contributed by atoms with van der Waals surface area (Å²) in [5.74, 6) is -3.94. The van der Waals surface area contributed by atoms with Gasteiger partial charge in [0, 0.05) is 38.4 Å². The summed E-state index contributed by atoms with van der Waals surface area (Å²) in [6.07, 6.45) is -3.73. The number of amides is 2. The number of rotatable bonds is 8. The van der Waals surface area contributed by atoms with Gasteiger partial charge in [-0.3, -0.25) is 14.4 Å². The number of hydrogen-bond acceptors (Lipinski definition) is 7. The van der Waals surface area contributed by atoms with E-state index in [2.05, 4.69) is 10.1 Å². The van der Waals surface area contributed by atoms with E-state index in [0.29, 0.717) is 42.7 Å². The molecule has 4 aromatic rings. The summed E-state index contributed by atoms with van der Waals surface area (Å²) in [6.45, 7) is 0.844. The Balaban J connectivity index is 1.30. The van der Waals surface area contributed by atoms with Crippen LogP contribution >= 0.6 is 0 Å². The molecule has 0 spiro atoms. The van der Waals surface area contributed by atoms with Gasteiger partial charge < -0.3 is 24.6 Å². The molecule has 0 aromatic heterocycles. The molecule has 1 heterocycles. The highest BCUT2D eigenvalue weighted by molar-refractivity contribution is 6.12. The number of ether oxygens (including phenoxy) is 2. The van der Waals surface area contributed by atoms with Gasteiger partial charge in [0.05, 0.1) is 35.4 Å². The van der Waals surface area contributed by atoms with E-state index in [1.165, 1.54) is 36.3 Å². The molecule has 0 atom stereocenters. The van der Waals surface area contributed by atoms with E-state index in [-0.39, 0.29) is 34.0 Å². The molecule has 0 saturated carbocycles. The Morgan fingerprint density at radius 2 is 1.54 bits per heavy atom. The van der Waals surface area contributed by atoms with E-state index in [1.54, 1.807) is 56.6 Å². The van der Waals surface area contributed by atoms with Gasteiger partial charge in [0.1, 0.15) is 0 Å². The Labute approximate surface area is 285 Å². The minimum absolute atomic E-state index is 0.0150. The van der Waals surface area contributed by atoms with E-state index in [1.807, 2.05) is 4.90 Å². The molecule has 0 aliphatic carbocycles. The number of nitrogens with one attached hydrogen (secondary N) is 1. The first kappa shape index (κ1) is 35.6. The number of piperidine rings is 1. The van der Waals surface area contributed by atoms with Gasteiger partial charge in [-0.1, -0.05) is 30.3 Å². The molecule has 260 valence electrons. The average molecular weight is 692 g/mol. The normalized spacial score (nSPS) is 13.4. The maximum absolute atomic E-state index is 14.5. The third-order valence-corrected chi connectivity index (χ3v) is 8.34. The third kappa shape index (κ3) is 7.94. The quantitative estimate of drug-likeness (QED) is 0.120. The SMILES string of the molecule is COC(=O)c1ccc(OC(=O)C2CCN(c3ccc(NC(=O)c4ccccc4-c4ccc(C(F)(F)F)cc4)c(C(=O)N(C)C)c3)CC2)c(F)c1. The number of benzene rings is 4. The zero-order valence-corrected chi connectivity index (χ0v) is 27.3. The number of nitrogens with zero attached hydrogens (tertiary/aromatic N) is 2. The van der Waals surface area contributed by atoms with Gasteiger partial charge >= 0.3 is 18.1 Å². The highest BCUT2D eigenvalue weighted by Gasteiger charge is 2.31. The van der Waals surface area contributed by atoms with Gasteiger partial charge in [-0.2, -0.15) is 13.2 Å². The summed E-state index contributed by atoms with van der Waals surface area (Å²) in [7, 11) is 4.32. The Hall–Kier alpha value is -5.72. The standard InChI is InChI=1S/C37H33F4N3O6/c1-43(2)34(46)29-21-26(44-18-16-23(17-19-44)36(48)50-32-15-10-24(20-30(32)38)35(47)49-3)13-14-31(29)42-33(45)28-7-5-4-6-27(28)22-8-11-25(12-9-22)37(39,40)41/h4-15,20-21,23H,16-19H2,1-3H3,(H,42,45). The molecule has 5 rings (SSSR count). The van der Waals surface area contributed by atoms with Crippen LogP contribution in [0.15, 0.2) is 84.9 Å². The predicted molar refractivity (Wildman–Crippen MR) is 178 cm³/mol. The second-order valence-electron chi connectivity index (χ2n) is 11.8. The number of carbonyl (C=O) groups is 4. The maximum atomic E-state index is 14.5. The second-order valence-corrected chi connectivity index (χ2v) is 11.8.